The number of halogens is 1. The molecule has 4 nitrogen and oxygen atoms in total. The van der Waals surface area contributed by atoms with Crippen LogP contribution in [0.4, 0.5) is 0 Å². The van der Waals surface area contributed by atoms with Crippen molar-refractivity contribution < 1.29 is 13.2 Å². The van der Waals surface area contributed by atoms with Gasteiger partial charge in [0, 0.05) is 21.0 Å². The molecule has 0 unspecified atom stereocenters. The van der Waals surface area contributed by atoms with Gasteiger partial charge in [0.05, 0.1) is 15.5 Å². The van der Waals surface area contributed by atoms with Crippen molar-refractivity contribution in [3.8, 4) is 0 Å². The predicted octanol–water partition coefficient (Wildman–Crippen LogP) is 4.01. The van der Waals surface area contributed by atoms with Crippen LogP contribution in [-0.4, -0.2) is 34.9 Å². The van der Waals surface area contributed by atoms with Gasteiger partial charge in [-0.1, -0.05) is 15.9 Å². The van der Waals surface area contributed by atoms with Crippen LogP contribution in [0.25, 0.3) is 10.9 Å². The van der Waals surface area contributed by atoms with E-state index in [0.717, 1.165) is 20.3 Å². The molecule has 0 atom stereocenters. The second-order valence-electron chi connectivity index (χ2n) is 6.51. The Labute approximate surface area is 154 Å². The predicted molar refractivity (Wildman–Crippen MR) is 101 cm³/mol. The molecule has 1 aliphatic carbocycles. The van der Waals surface area contributed by atoms with Gasteiger partial charge in [0.2, 0.25) is 0 Å². The number of hydrogen-bond acceptors (Lipinski definition) is 5. The summed E-state index contributed by atoms with van der Waals surface area (Å²) in [6, 6.07) is 7.66. The van der Waals surface area contributed by atoms with Gasteiger partial charge in [-0.05, 0) is 51.0 Å². The summed E-state index contributed by atoms with van der Waals surface area (Å²) in [6.07, 6.45) is 3.08. The molecule has 24 heavy (non-hydrogen) atoms. The number of nitrogens with zero attached hydrogens (tertiary/aromatic N) is 1. The molecule has 0 bridgehead atoms. The van der Waals surface area contributed by atoms with Crippen LogP contribution in [-0.2, 0) is 14.6 Å². The van der Waals surface area contributed by atoms with E-state index < -0.39 is 14.6 Å². The first-order valence-electron chi connectivity index (χ1n) is 7.67. The van der Waals surface area contributed by atoms with Crippen LogP contribution < -0.4 is 0 Å². The van der Waals surface area contributed by atoms with Crippen molar-refractivity contribution in [3.63, 3.8) is 0 Å². The fraction of sp³-hybridized carbons (Fsp3) is 0.412. The lowest BCUT2D eigenvalue weighted by molar-refractivity contribution is -0.118. The average Bonchev–Trinajstić information content (AvgIpc) is 3.32. The maximum Gasteiger partial charge on any atom is 0.163 e. The van der Waals surface area contributed by atoms with Gasteiger partial charge < -0.3 is 0 Å². The molecule has 0 spiro atoms. The van der Waals surface area contributed by atoms with Crippen LogP contribution in [0.3, 0.4) is 0 Å². The zero-order valence-corrected chi connectivity index (χ0v) is 16.7. The fourth-order valence-electron chi connectivity index (χ4n) is 2.42. The maximum atomic E-state index is 12.6. The SMILES string of the molecule is CC(C)(Sc1ccnc2ccc(Br)cc12)C(=O)CS(=O)(=O)C1CC1. The summed E-state index contributed by atoms with van der Waals surface area (Å²) in [5.74, 6) is -0.621. The molecule has 1 aliphatic rings. The second-order valence-corrected chi connectivity index (χ2v) is 11.4. The zero-order valence-electron chi connectivity index (χ0n) is 13.5. The molecule has 1 fully saturated rings. The van der Waals surface area contributed by atoms with Gasteiger partial charge in [-0.2, -0.15) is 0 Å². The fourth-order valence-corrected chi connectivity index (χ4v) is 5.82. The van der Waals surface area contributed by atoms with E-state index in [2.05, 4.69) is 20.9 Å². The number of pyridine rings is 1. The van der Waals surface area contributed by atoms with E-state index in [9.17, 15) is 13.2 Å². The number of aromatic nitrogens is 1. The Morgan fingerprint density at radius 3 is 2.71 bits per heavy atom. The van der Waals surface area contributed by atoms with Crippen molar-refractivity contribution >= 4 is 54.2 Å². The molecule has 0 amide bonds. The third kappa shape index (κ3) is 3.83. The lowest BCUT2D eigenvalue weighted by Gasteiger charge is -2.23. The van der Waals surface area contributed by atoms with Crippen molar-refractivity contribution in [2.75, 3.05) is 5.75 Å². The standard InChI is InChI=1S/C17H18BrNO3S2/c1-17(2,16(20)10-24(21,22)12-4-5-12)23-15-7-8-19-14-6-3-11(18)9-13(14)15/h3,6-9,12H,4-5,10H2,1-2H3. The topological polar surface area (TPSA) is 64.1 Å². The van der Waals surface area contributed by atoms with Crippen LogP contribution in [0.15, 0.2) is 39.8 Å². The Morgan fingerprint density at radius 1 is 1.33 bits per heavy atom. The summed E-state index contributed by atoms with van der Waals surface area (Å²) in [7, 11) is -3.29. The van der Waals surface area contributed by atoms with E-state index in [4.69, 9.17) is 0 Å². The van der Waals surface area contributed by atoms with Crippen LogP contribution in [0.2, 0.25) is 0 Å². The Balaban J connectivity index is 1.86. The minimum absolute atomic E-state index is 0.251. The lowest BCUT2D eigenvalue weighted by Crippen LogP contribution is -2.34. The quantitative estimate of drug-likeness (QED) is 0.651. The molecule has 1 heterocycles. The summed E-state index contributed by atoms with van der Waals surface area (Å²) >= 11 is 4.84. The molecule has 128 valence electrons. The van der Waals surface area contributed by atoms with Crippen LogP contribution in [0, 0.1) is 0 Å². The highest BCUT2D eigenvalue weighted by Gasteiger charge is 2.40. The van der Waals surface area contributed by atoms with Crippen LogP contribution in [0.5, 0.6) is 0 Å². The molecule has 0 saturated heterocycles. The van der Waals surface area contributed by atoms with Gasteiger partial charge in [0.25, 0.3) is 0 Å². The maximum absolute atomic E-state index is 12.6. The van der Waals surface area contributed by atoms with Crippen LogP contribution >= 0.6 is 27.7 Å². The first kappa shape index (κ1) is 17.9. The van der Waals surface area contributed by atoms with E-state index in [1.54, 1.807) is 20.0 Å². The highest BCUT2D eigenvalue weighted by molar-refractivity contribution is 9.10. The molecule has 0 aliphatic heterocycles. The lowest BCUT2D eigenvalue weighted by atomic mass is 10.1. The molecule has 0 N–H and O–H groups in total. The first-order valence-corrected chi connectivity index (χ1v) is 11.0. The molecular weight excluding hydrogens is 410 g/mol. The molecule has 1 aromatic heterocycles. The highest BCUT2D eigenvalue weighted by atomic mass is 79.9. The van der Waals surface area contributed by atoms with Gasteiger partial charge >= 0.3 is 0 Å². The largest absolute Gasteiger partial charge is 0.297 e. The summed E-state index contributed by atoms with van der Waals surface area (Å²) < 4.78 is 24.3. The number of Topliss-reactive ketones (excluding diaryl/α,β-unsaturated/α-hetero) is 1. The molecule has 1 saturated carbocycles. The number of carbonyl (C=O) groups is 1. The van der Waals surface area contributed by atoms with Crippen molar-refractivity contribution in [1.82, 2.24) is 4.98 Å². The van der Waals surface area contributed by atoms with Crippen molar-refractivity contribution in [2.45, 2.75) is 41.6 Å². The van der Waals surface area contributed by atoms with Crippen molar-refractivity contribution in [3.05, 3.63) is 34.9 Å². The molecule has 3 rings (SSSR count). The van der Waals surface area contributed by atoms with Gasteiger partial charge in [0.1, 0.15) is 5.75 Å². The van der Waals surface area contributed by atoms with Crippen LogP contribution in [0.1, 0.15) is 26.7 Å². The Morgan fingerprint density at radius 2 is 2.04 bits per heavy atom. The summed E-state index contributed by atoms with van der Waals surface area (Å²) in [4.78, 5) is 17.8. The minimum atomic E-state index is -3.29. The van der Waals surface area contributed by atoms with E-state index in [0.29, 0.717) is 12.8 Å². The number of sulfone groups is 1. The van der Waals surface area contributed by atoms with Crippen molar-refractivity contribution in [1.29, 1.82) is 0 Å². The summed E-state index contributed by atoms with van der Waals surface area (Å²) in [5, 5.41) is 0.641. The van der Waals surface area contributed by atoms with Gasteiger partial charge in [-0.25, -0.2) is 8.42 Å². The van der Waals surface area contributed by atoms with E-state index in [1.807, 2.05) is 24.3 Å². The number of ketones is 1. The molecule has 2 aromatic rings. The Hall–Kier alpha value is -0.920. The number of carbonyl (C=O) groups excluding carboxylic acids is 1. The molecular formula is C17H18BrNO3S2. The van der Waals surface area contributed by atoms with E-state index in [-0.39, 0.29) is 16.8 Å². The normalized spacial score (nSPS) is 15.6. The smallest absolute Gasteiger partial charge is 0.163 e. The van der Waals surface area contributed by atoms with Gasteiger partial charge in [-0.3, -0.25) is 9.78 Å². The Bertz CT molecular complexity index is 905. The highest BCUT2D eigenvalue weighted by Crippen LogP contribution is 2.38. The molecule has 0 radical (unpaired) electrons. The summed E-state index contributed by atoms with van der Waals surface area (Å²) in [5.41, 5.74) is 0.844. The van der Waals surface area contributed by atoms with E-state index >= 15 is 0 Å². The average molecular weight is 428 g/mol. The third-order valence-corrected chi connectivity index (χ3v) is 8.02. The third-order valence-electron chi connectivity index (χ3n) is 4.06. The number of rotatable bonds is 6. The number of hydrogen-bond donors (Lipinski definition) is 0. The minimum Gasteiger partial charge on any atom is -0.297 e. The zero-order chi connectivity index (χ0) is 17.5. The second kappa shape index (κ2) is 6.42. The summed E-state index contributed by atoms with van der Waals surface area (Å²) in [6.45, 7) is 3.57. The van der Waals surface area contributed by atoms with Gasteiger partial charge in [0.15, 0.2) is 15.6 Å². The van der Waals surface area contributed by atoms with Gasteiger partial charge in [-0.15, -0.1) is 11.8 Å². The number of fused-ring (bicyclic) bond motifs is 1. The number of thioether (sulfide) groups is 1. The Kier molecular flexibility index (Phi) is 4.79. The van der Waals surface area contributed by atoms with Crippen molar-refractivity contribution in [2.24, 2.45) is 0 Å². The molecule has 1 aromatic carbocycles. The number of benzene rings is 1. The monoisotopic (exact) mass is 427 g/mol. The first-order chi connectivity index (χ1) is 11.2. The molecule has 7 heteroatoms. The van der Waals surface area contributed by atoms with E-state index in [1.165, 1.54) is 11.8 Å².